The molecule has 0 bridgehead atoms. The number of hydrogen-bond donors (Lipinski definition) is 2. The van der Waals surface area contributed by atoms with E-state index in [1.54, 1.807) is 0 Å². The Hall–Kier alpha value is -1.97. The number of nitrogens with one attached hydrogen (secondary N) is 1. The van der Waals surface area contributed by atoms with Crippen molar-refractivity contribution in [3.63, 3.8) is 0 Å². The Labute approximate surface area is 184 Å². The molecule has 1 aliphatic carbocycles. The topological polar surface area (TPSA) is 113 Å². The van der Waals surface area contributed by atoms with Gasteiger partial charge in [-0.2, -0.15) is 4.31 Å². The number of hydrogen-bond acceptors (Lipinski definition) is 6. The average molecular weight is 453 g/mol. The molecule has 1 amide bonds. The van der Waals surface area contributed by atoms with Gasteiger partial charge in [0.05, 0.1) is 4.90 Å². The third-order valence-corrected chi connectivity index (χ3v) is 7.85. The Morgan fingerprint density at radius 1 is 1.10 bits per heavy atom. The first-order valence-electron chi connectivity index (χ1n) is 10.9. The van der Waals surface area contributed by atoms with Gasteiger partial charge in [0, 0.05) is 18.8 Å². The summed E-state index contributed by atoms with van der Waals surface area (Å²) in [6.07, 6.45) is 4.18. The minimum Gasteiger partial charge on any atom is -0.453 e. The second-order valence-electron chi connectivity index (χ2n) is 9.01. The van der Waals surface area contributed by atoms with Gasteiger partial charge in [-0.15, -0.1) is 0 Å². The Bertz CT molecular complexity index is 883. The van der Waals surface area contributed by atoms with Crippen molar-refractivity contribution in [2.75, 3.05) is 25.0 Å². The van der Waals surface area contributed by atoms with Crippen LogP contribution < -0.4 is 5.32 Å². The first-order valence-corrected chi connectivity index (χ1v) is 12.3. The zero-order valence-corrected chi connectivity index (χ0v) is 19.0. The van der Waals surface area contributed by atoms with E-state index < -0.39 is 34.1 Å². The Morgan fingerprint density at radius 3 is 2.26 bits per heavy atom. The van der Waals surface area contributed by atoms with E-state index >= 15 is 0 Å². The molecular weight excluding hydrogens is 420 g/mol. The molecule has 1 aromatic carbocycles. The number of sulfonamides is 1. The van der Waals surface area contributed by atoms with Gasteiger partial charge < -0.3 is 15.2 Å². The smallest absolute Gasteiger partial charge is 0.338 e. The molecule has 2 atom stereocenters. The van der Waals surface area contributed by atoms with E-state index in [1.165, 1.54) is 28.6 Å². The molecule has 3 rings (SSSR count). The van der Waals surface area contributed by atoms with Crippen LogP contribution in [0.3, 0.4) is 0 Å². The normalized spacial score (nSPS) is 24.4. The van der Waals surface area contributed by atoms with E-state index in [0.717, 1.165) is 25.7 Å². The van der Waals surface area contributed by atoms with Crippen LogP contribution in [-0.4, -0.2) is 55.0 Å². The van der Waals surface area contributed by atoms with Crippen molar-refractivity contribution in [1.82, 2.24) is 4.31 Å². The first-order chi connectivity index (χ1) is 14.6. The number of piperidine rings is 1. The number of rotatable bonds is 6. The fraction of sp³-hybridized carbons (Fsp3) is 0.636. The Kier molecular flexibility index (Phi) is 7.39. The number of amides is 1. The minimum atomic E-state index is -3.59. The largest absolute Gasteiger partial charge is 0.453 e. The molecule has 1 saturated carbocycles. The molecule has 2 fully saturated rings. The van der Waals surface area contributed by atoms with Gasteiger partial charge in [0.15, 0.2) is 12.2 Å². The summed E-state index contributed by atoms with van der Waals surface area (Å²) in [6.45, 7) is 4.60. The van der Waals surface area contributed by atoms with Crippen molar-refractivity contribution in [2.45, 2.75) is 62.9 Å². The van der Waals surface area contributed by atoms with Gasteiger partial charge in [-0.25, -0.2) is 13.2 Å². The second-order valence-corrected chi connectivity index (χ2v) is 10.9. The lowest BCUT2D eigenvalue weighted by Gasteiger charge is -2.34. The summed E-state index contributed by atoms with van der Waals surface area (Å²) in [5.74, 6) is -0.700. The van der Waals surface area contributed by atoms with Crippen LogP contribution in [0.2, 0.25) is 0 Å². The van der Waals surface area contributed by atoms with Crippen LogP contribution in [0.25, 0.3) is 0 Å². The Balaban J connectivity index is 1.55. The van der Waals surface area contributed by atoms with Gasteiger partial charge >= 0.3 is 5.97 Å². The van der Waals surface area contributed by atoms with Crippen LogP contribution in [0.1, 0.15) is 52.4 Å². The highest BCUT2D eigenvalue weighted by Crippen LogP contribution is 2.29. The van der Waals surface area contributed by atoms with E-state index in [4.69, 9.17) is 4.74 Å². The standard InChI is InChI=1S/C22H32N2O6S/c1-16-12-17(2)14-24(13-16)31(28,29)19-8-6-18(7-9-19)23-20(25)15-30-21(26)22(27)10-4-3-5-11-22/h6-9,16-17,27H,3-5,10-15H2,1-2H3,(H,23,25)/t16-,17-/m0/s1. The molecular formula is C22H32N2O6S. The fourth-order valence-electron chi connectivity index (χ4n) is 4.46. The zero-order chi connectivity index (χ0) is 22.6. The molecule has 1 aliphatic heterocycles. The molecule has 8 nitrogen and oxygen atoms in total. The number of anilines is 1. The number of nitrogens with zero attached hydrogens (tertiary/aromatic N) is 1. The van der Waals surface area contributed by atoms with Crippen LogP contribution in [0.15, 0.2) is 29.2 Å². The SMILES string of the molecule is C[C@H]1C[C@H](C)CN(S(=O)(=O)c2ccc(NC(=O)COC(=O)C3(O)CCCCC3)cc2)C1. The lowest BCUT2D eigenvalue weighted by molar-refractivity contribution is -0.170. The number of carbonyl (C=O) groups excluding carboxylic acids is 2. The monoisotopic (exact) mass is 452 g/mol. The van der Waals surface area contributed by atoms with Gasteiger partial charge in [0.25, 0.3) is 5.91 Å². The summed E-state index contributed by atoms with van der Waals surface area (Å²) in [4.78, 5) is 24.4. The lowest BCUT2D eigenvalue weighted by Crippen LogP contribution is -2.42. The van der Waals surface area contributed by atoms with Crippen molar-refractivity contribution < 1.29 is 27.9 Å². The van der Waals surface area contributed by atoms with Gasteiger partial charge in [0.1, 0.15) is 0 Å². The summed E-state index contributed by atoms with van der Waals surface area (Å²) >= 11 is 0. The molecule has 0 aromatic heterocycles. The lowest BCUT2D eigenvalue weighted by atomic mass is 9.85. The molecule has 1 aromatic rings. The molecule has 0 spiro atoms. The number of esters is 1. The second kappa shape index (κ2) is 9.67. The highest BCUT2D eigenvalue weighted by Gasteiger charge is 2.39. The first kappa shape index (κ1) is 23.7. The average Bonchev–Trinajstić information content (AvgIpc) is 2.72. The minimum absolute atomic E-state index is 0.178. The molecule has 31 heavy (non-hydrogen) atoms. The van der Waals surface area contributed by atoms with E-state index in [0.29, 0.717) is 43.5 Å². The van der Waals surface area contributed by atoms with Crippen LogP contribution in [-0.2, 0) is 24.3 Å². The van der Waals surface area contributed by atoms with E-state index in [-0.39, 0.29) is 4.90 Å². The molecule has 0 unspecified atom stereocenters. The number of ether oxygens (including phenoxy) is 1. The zero-order valence-electron chi connectivity index (χ0n) is 18.2. The molecule has 2 aliphatic rings. The van der Waals surface area contributed by atoms with Crippen molar-refractivity contribution in [3.8, 4) is 0 Å². The van der Waals surface area contributed by atoms with Crippen molar-refractivity contribution in [1.29, 1.82) is 0 Å². The van der Waals surface area contributed by atoms with Gasteiger partial charge in [-0.3, -0.25) is 4.79 Å². The third kappa shape index (κ3) is 5.84. The summed E-state index contributed by atoms with van der Waals surface area (Å²) in [5, 5.41) is 12.9. The fourth-order valence-corrected chi connectivity index (χ4v) is 6.14. The maximum atomic E-state index is 12.9. The number of aliphatic hydroxyl groups is 1. The van der Waals surface area contributed by atoms with Gasteiger partial charge in [-0.1, -0.05) is 20.3 Å². The summed E-state index contributed by atoms with van der Waals surface area (Å²) in [5.41, 5.74) is -1.10. The predicted octanol–water partition coefficient (Wildman–Crippen LogP) is 2.53. The summed E-state index contributed by atoms with van der Waals surface area (Å²) in [6, 6.07) is 5.95. The maximum Gasteiger partial charge on any atom is 0.338 e. The molecule has 0 radical (unpaired) electrons. The maximum absolute atomic E-state index is 12.9. The van der Waals surface area contributed by atoms with Crippen molar-refractivity contribution >= 4 is 27.6 Å². The van der Waals surface area contributed by atoms with Gasteiger partial charge in [-0.05, 0) is 68.2 Å². The molecule has 2 N–H and O–H groups in total. The quantitative estimate of drug-likeness (QED) is 0.642. The van der Waals surface area contributed by atoms with Crippen LogP contribution in [0.5, 0.6) is 0 Å². The Morgan fingerprint density at radius 2 is 1.68 bits per heavy atom. The van der Waals surface area contributed by atoms with Crippen LogP contribution in [0.4, 0.5) is 5.69 Å². The molecule has 1 heterocycles. The van der Waals surface area contributed by atoms with Crippen LogP contribution >= 0.6 is 0 Å². The summed E-state index contributed by atoms with van der Waals surface area (Å²) < 4.78 is 32.4. The third-order valence-electron chi connectivity index (χ3n) is 6.01. The summed E-state index contributed by atoms with van der Waals surface area (Å²) in [7, 11) is -3.59. The number of carbonyl (C=O) groups is 2. The van der Waals surface area contributed by atoms with E-state index in [2.05, 4.69) is 19.2 Å². The molecule has 9 heteroatoms. The van der Waals surface area contributed by atoms with Crippen molar-refractivity contribution in [2.24, 2.45) is 11.8 Å². The van der Waals surface area contributed by atoms with Crippen LogP contribution in [0, 0.1) is 11.8 Å². The predicted molar refractivity (Wildman–Crippen MR) is 116 cm³/mol. The number of benzene rings is 1. The van der Waals surface area contributed by atoms with E-state index in [9.17, 15) is 23.1 Å². The van der Waals surface area contributed by atoms with E-state index in [1.807, 2.05) is 0 Å². The van der Waals surface area contributed by atoms with Gasteiger partial charge in [0.2, 0.25) is 10.0 Å². The molecule has 172 valence electrons. The molecule has 1 saturated heterocycles. The van der Waals surface area contributed by atoms with Crippen molar-refractivity contribution in [3.05, 3.63) is 24.3 Å². The highest BCUT2D eigenvalue weighted by molar-refractivity contribution is 7.89. The highest BCUT2D eigenvalue weighted by atomic mass is 32.2.